The molecule has 5 nitrogen and oxygen atoms in total. The standard InChI is InChI=1S/C10H6Cl3N3O2/c1-4-9(16-18-15-4)14-10(17)8-6(12)2-5(11)3-7(8)13/h2-3H,1H3,(H,14,16,17). The molecular weight excluding hydrogens is 300 g/mol. The summed E-state index contributed by atoms with van der Waals surface area (Å²) < 4.78 is 4.46. The van der Waals surface area contributed by atoms with Gasteiger partial charge in [-0.1, -0.05) is 40.0 Å². The number of hydrogen-bond donors (Lipinski definition) is 1. The minimum Gasteiger partial charge on any atom is -0.302 e. The van der Waals surface area contributed by atoms with Gasteiger partial charge < -0.3 is 5.32 Å². The second kappa shape index (κ2) is 5.14. The monoisotopic (exact) mass is 305 g/mol. The predicted octanol–water partition coefficient (Wildman–Crippen LogP) is 3.59. The van der Waals surface area contributed by atoms with Gasteiger partial charge in [0.2, 0.25) is 5.82 Å². The maximum absolute atomic E-state index is 12.0. The molecule has 1 heterocycles. The molecule has 1 aromatic carbocycles. The Morgan fingerprint density at radius 1 is 1.22 bits per heavy atom. The number of carbonyl (C=O) groups is 1. The molecule has 2 aromatic rings. The van der Waals surface area contributed by atoms with E-state index < -0.39 is 5.91 Å². The van der Waals surface area contributed by atoms with Crippen molar-refractivity contribution < 1.29 is 9.42 Å². The van der Waals surface area contributed by atoms with Crippen molar-refractivity contribution in [2.24, 2.45) is 0 Å². The number of amides is 1. The van der Waals surface area contributed by atoms with Crippen molar-refractivity contribution in [2.45, 2.75) is 6.92 Å². The van der Waals surface area contributed by atoms with Crippen molar-refractivity contribution in [3.63, 3.8) is 0 Å². The van der Waals surface area contributed by atoms with Crippen molar-refractivity contribution >= 4 is 46.5 Å². The Morgan fingerprint density at radius 2 is 1.83 bits per heavy atom. The topological polar surface area (TPSA) is 68.0 Å². The number of anilines is 1. The Hall–Kier alpha value is -1.30. The second-order valence-corrected chi connectivity index (χ2v) is 4.65. The average molecular weight is 307 g/mol. The van der Waals surface area contributed by atoms with E-state index in [0.717, 1.165) is 0 Å². The number of hydrogen-bond acceptors (Lipinski definition) is 4. The van der Waals surface area contributed by atoms with Gasteiger partial charge in [0, 0.05) is 5.02 Å². The van der Waals surface area contributed by atoms with E-state index in [1.807, 2.05) is 0 Å². The minimum absolute atomic E-state index is 0.116. The number of nitrogens with zero attached hydrogens (tertiary/aromatic N) is 2. The highest BCUT2D eigenvalue weighted by atomic mass is 35.5. The van der Waals surface area contributed by atoms with Gasteiger partial charge >= 0.3 is 0 Å². The summed E-state index contributed by atoms with van der Waals surface area (Å²) in [6, 6.07) is 2.86. The lowest BCUT2D eigenvalue weighted by atomic mass is 10.2. The van der Waals surface area contributed by atoms with Crippen LogP contribution < -0.4 is 5.32 Å². The van der Waals surface area contributed by atoms with E-state index in [4.69, 9.17) is 34.8 Å². The Bertz CT molecular complexity index is 589. The summed E-state index contributed by atoms with van der Waals surface area (Å²) in [5.41, 5.74) is 0.565. The van der Waals surface area contributed by atoms with Crippen molar-refractivity contribution in [3.05, 3.63) is 38.5 Å². The summed E-state index contributed by atoms with van der Waals surface area (Å²) in [6.45, 7) is 1.64. The van der Waals surface area contributed by atoms with E-state index in [0.29, 0.717) is 10.7 Å². The lowest BCUT2D eigenvalue weighted by Gasteiger charge is -2.07. The number of carbonyl (C=O) groups excluding carboxylic acids is 1. The average Bonchev–Trinajstić information content (AvgIpc) is 2.62. The van der Waals surface area contributed by atoms with Crippen LogP contribution >= 0.6 is 34.8 Å². The third kappa shape index (κ3) is 2.58. The molecule has 8 heteroatoms. The maximum Gasteiger partial charge on any atom is 0.259 e. The van der Waals surface area contributed by atoms with Crippen LogP contribution in [0.5, 0.6) is 0 Å². The summed E-state index contributed by atoms with van der Waals surface area (Å²) in [7, 11) is 0. The Balaban J connectivity index is 2.33. The molecule has 0 bridgehead atoms. The highest BCUT2D eigenvalue weighted by molar-refractivity contribution is 6.42. The molecular formula is C10H6Cl3N3O2. The quantitative estimate of drug-likeness (QED) is 0.920. The number of halogens is 3. The summed E-state index contributed by atoms with van der Waals surface area (Å²) in [5, 5.41) is 10.2. The fourth-order valence-electron chi connectivity index (χ4n) is 1.27. The zero-order chi connectivity index (χ0) is 13.3. The first-order valence-corrected chi connectivity index (χ1v) is 5.87. The van der Waals surface area contributed by atoms with Gasteiger partial charge in [-0.05, 0) is 24.2 Å². The number of aromatic nitrogens is 2. The minimum atomic E-state index is -0.513. The van der Waals surface area contributed by atoms with Crippen molar-refractivity contribution in [2.75, 3.05) is 5.32 Å². The molecule has 0 spiro atoms. The molecule has 0 fully saturated rings. The molecule has 0 atom stereocenters. The molecule has 0 unspecified atom stereocenters. The fraction of sp³-hybridized carbons (Fsp3) is 0.100. The van der Waals surface area contributed by atoms with E-state index in [9.17, 15) is 4.79 Å². The second-order valence-electron chi connectivity index (χ2n) is 3.40. The van der Waals surface area contributed by atoms with Gasteiger partial charge in [-0.25, -0.2) is 4.63 Å². The normalized spacial score (nSPS) is 10.4. The highest BCUT2D eigenvalue weighted by Crippen LogP contribution is 2.29. The van der Waals surface area contributed by atoms with Crippen LogP contribution in [0, 0.1) is 6.92 Å². The predicted molar refractivity (Wildman–Crippen MR) is 68.5 cm³/mol. The molecule has 0 saturated heterocycles. The first kappa shape index (κ1) is 13.1. The smallest absolute Gasteiger partial charge is 0.259 e. The number of rotatable bonds is 2. The van der Waals surface area contributed by atoms with Crippen molar-refractivity contribution in [1.82, 2.24) is 10.3 Å². The third-order valence-corrected chi connectivity index (χ3v) is 2.93. The fourth-order valence-corrected chi connectivity index (χ4v) is 2.26. The lowest BCUT2D eigenvalue weighted by molar-refractivity contribution is 0.102. The lowest BCUT2D eigenvalue weighted by Crippen LogP contribution is -2.14. The van der Waals surface area contributed by atoms with E-state index in [1.165, 1.54) is 12.1 Å². The van der Waals surface area contributed by atoms with Gasteiger partial charge in [0.25, 0.3) is 5.91 Å². The molecule has 0 aliphatic rings. The summed E-state index contributed by atoms with van der Waals surface area (Å²) in [6.07, 6.45) is 0. The van der Waals surface area contributed by atoms with E-state index in [2.05, 4.69) is 20.3 Å². The number of benzene rings is 1. The molecule has 0 aliphatic carbocycles. The Labute approximate surface area is 117 Å². The number of nitrogens with one attached hydrogen (secondary N) is 1. The third-order valence-electron chi connectivity index (χ3n) is 2.12. The highest BCUT2D eigenvalue weighted by Gasteiger charge is 2.18. The zero-order valence-corrected chi connectivity index (χ0v) is 11.3. The van der Waals surface area contributed by atoms with Gasteiger partial charge in [-0.15, -0.1) is 0 Å². The van der Waals surface area contributed by atoms with Crippen LogP contribution in [0.2, 0.25) is 15.1 Å². The molecule has 18 heavy (non-hydrogen) atoms. The SMILES string of the molecule is Cc1nonc1NC(=O)c1c(Cl)cc(Cl)cc1Cl. The number of aryl methyl sites for hydroxylation is 1. The molecule has 2 rings (SSSR count). The van der Waals surface area contributed by atoms with Gasteiger partial charge in [0.1, 0.15) is 5.69 Å². The maximum atomic E-state index is 12.0. The molecule has 1 amide bonds. The molecule has 0 radical (unpaired) electrons. The van der Waals surface area contributed by atoms with Gasteiger partial charge in [0.15, 0.2) is 0 Å². The van der Waals surface area contributed by atoms with Crippen molar-refractivity contribution in [1.29, 1.82) is 0 Å². The van der Waals surface area contributed by atoms with Gasteiger partial charge in [-0.3, -0.25) is 4.79 Å². The molecule has 0 aliphatic heterocycles. The zero-order valence-electron chi connectivity index (χ0n) is 9.00. The summed E-state index contributed by atoms with van der Waals surface area (Å²) in [4.78, 5) is 12.0. The summed E-state index contributed by atoms with van der Waals surface area (Å²) in [5.74, 6) is -0.303. The van der Waals surface area contributed by atoms with Crippen LogP contribution in [0.3, 0.4) is 0 Å². The van der Waals surface area contributed by atoms with Crippen LogP contribution in [0.1, 0.15) is 16.1 Å². The van der Waals surface area contributed by atoms with Crippen LogP contribution in [0.15, 0.2) is 16.8 Å². The van der Waals surface area contributed by atoms with Gasteiger partial charge in [-0.2, -0.15) is 0 Å². The van der Waals surface area contributed by atoms with E-state index in [-0.39, 0.29) is 21.4 Å². The molecule has 1 N–H and O–H groups in total. The Kier molecular flexibility index (Phi) is 3.75. The van der Waals surface area contributed by atoms with Gasteiger partial charge in [0.05, 0.1) is 15.6 Å². The molecule has 0 saturated carbocycles. The van der Waals surface area contributed by atoms with Crippen molar-refractivity contribution in [3.8, 4) is 0 Å². The van der Waals surface area contributed by atoms with E-state index in [1.54, 1.807) is 6.92 Å². The van der Waals surface area contributed by atoms with Crippen LogP contribution in [-0.4, -0.2) is 16.2 Å². The van der Waals surface area contributed by atoms with E-state index >= 15 is 0 Å². The Morgan fingerprint density at radius 3 is 2.33 bits per heavy atom. The largest absolute Gasteiger partial charge is 0.302 e. The van der Waals surface area contributed by atoms with Crippen LogP contribution in [0.25, 0.3) is 0 Å². The van der Waals surface area contributed by atoms with Crippen LogP contribution in [-0.2, 0) is 0 Å². The first-order valence-electron chi connectivity index (χ1n) is 4.74. The molecule has 94 valence electrons. The summed E-state index contributed by atoms with van der Waals surface area (Å²) >= 11 is 17.6. The molecule has 1 aromatic heterocycles. The van der Waals surface area contributed by atoms with Crippen LogP contribution in [0.4, 0.5) is 5.82 Å². The first-order chi connectivity index (χ1) is 8.49.